The van der Waals surface area contributed by atoms with Crippen LogP contribution in [-0.4, -0.2) is 32.5 Å². The first-order valence-corrected chi connectivity index (χ1v) is 9.17. The van der Waals surface area contributed by atoms with Crippen molar-refractivity contribution >= 4 is 23.4 Å². The Hall–Kier alpha value is -3.26. The summed E-state index contributed by atoms with van der Waals surface area (Å²) in [6.07, 6.45) is 2.90. The molecule has 3 aromatic rings. The van der Waals surface area contributed by atoms with Gasteiger partial charge < -0.3 is 23.5 Å². The summed E-state index contributed by atoms with van der Waals surface area (Å²) in [6.45, 7) is 0.0150. The molecule has 0 atom stereocenters. The average molecular weight is 401 g/mol. The number of carbonyl (C=O) groups excluding carboxylic acids is 1. The van der Waals surface area contributed by atoms with Crippen LogP contribution in [0.25, 0.3) is 16.7 Å². The predicted molar refractivity (Wildman–Crippen MR) is 105 cm³/mol. The molecule has 0 fully saturated rings. The summed E-state index contributed by atoms with van der Waals surface area (Å²) in [7, 11) is 4.61. The molecule has 7 nitrogen and oxygen atoms in total. The largest absolute Gasteiger partial charge is 0.496 e. The Morgan fingerprint density at radius 3 is 2.54 bits per heavy atom. The number of carbonyl (C=O) groups is 1. The molecule has 2 heterocycles. The van der Waals surface area contributed by atoms with Gasteiger partial charge in [-0.15, -0.1) is 11.3 Å². The Morgan fingerprint density at radius 1 is 1.11 bits per heavy atom. The SMILES string of the molecule is COc1cc(OC)c(OC)cc1/C=C/C(=O)OCc1cc(-c2cccs2)on1. The van der Waals surface area contributed by atoms with Crippen LogP contribution >= 0.6 is 11.3 Å². The second-order valence-electron chi connectivity index (χ2n) is 5.55. The molecule has 8 heteroatoms. The lowest BCUT2D eigenvalue weighted by Crippen LogP contribution is -2.01. The van der Waals surface area contributed by atoms with E-state index in [0.29, 0.717) is 34.3 Å². The lowest BCUT2D eigenvalue weighted by molar-refractivity contribution is -0.139. The van der Waals surface area contributed by atoms with Crippen LogP contribution in [0.15, 0.2) is 46.3 Å². The van der Waals surface area contributed by atoms with Crippen LogP contribution in [0.5, 0.6) is 17.2 Å². The van der Waals surface area contributed by atoms with E-state index in [2.05, 4.69) is 5.16 Å². The van der Waals surface area contributed by atoms with E-state index in [-0.39, 0.29) is 6.61 Å². The lowest BCUT2D eigenvalue weighted by Gasteiger charge is -2.12. The molecule has 0 bridgehead atoms. The number of methoxy groups -OCH3 is 3. The summed E-state index contributed by atoms with van der Waals surface area (Å²) in [4.78, 5) is 13.0. The summed E-state index contributed by atoms with van der Waals surface area (Å²) in [5, 5.41) is 5.86. The molecule has 2 aromatic heterocycles. The molecule has 0 N–H and O–H groups in total. The van der Waals surface area contributed by atoms with Gasteiger partial charge in [0.15, 0.2) is 17.3 Å². The van der Waals surface area contributed by atoms with E-state index in [9.17, 15) is 4.79 Å². The highest BCUT2D eigenvalue weighted by Gasteiger charge is 2.11. The van der Waals surface area contributed by atoms with Gasteiger partial charge in [-0.2, -0.15) is 0 Å². The number of hydrogen-bond donors (Lipinski definition) is 0. The number of nitrogens with zero attached hydrogens (tertiary/aromatic N) is 1. The van der Waals surface area contributed by atoms with Gasteiger partial charge in [-0.05, 0) is 23.6 Å². The van der Waals surface area contributed by atoms with Gasteiger partial charge in [0, 0.05) is 23.8 Å². The number of esters is 1. The Morgan fingerprint density at radius 2 is 1.86 bits per heavy atom. The standard InChI is InChI=1S/C20H19NO6S/c1-23-15-11-17(25-3)16(24-2)9-13(15)6-7-20(22)26-12-14-10-18(27-21-14)19-5-4-8-28-19/h4-11H,12H2,1-3H3/b7-6+. The van der Waals surface area contributed by atoms with Crippen molar-refractivity contribution in [3.8, 4) is 27.9 Å². The molecule has 0 saturated carbocycles. The molecule has 0 aliphatic rings. The van der Waals surface area contributed by atoms with Gasteiger partial charge in [-0.3, -0.25) is 0 Å². The minimum absolute atomic E-state index is 0.0150. The minimum atomic E-state index is -0.516. The quantitative estimate of drug-likeness (QED) is 0.414. The van der Waals surface area contributed by atoms with Crippen LogP contribution in [-0.2, 0) is 16.1 Å². The van der Waals surface area contributed by atoms with Crippen molar-refractivity contribution in [2.45, 2.75) is 6.61 Å². The van der Waals surface area contributed by atoms with E-state index in [0.717, 1.165) is 4.88 Å². The molecule has 0 saturated heterocycles. The zero-order valence-corrected chi connectivity index (χ0v) is 16.4. The van der Waals surface area contributed by atoms with Crippen molar-refractivity contribution in [2.24, 2.45) is 0 Å². The summed E-state index contributed by atoms with van der Waals surface area (Å²) in [6, 6.07) is 9.01. The van der Waals surface area contributed by atoms with Crippen molar-refractivity contribution in [3.05, 3.63) is 53.0 Å². The van der Waals surface area contributed by atoms with Crippen LogP contribution in [0.3, 0.4) is 0 Å². The third-order valence-corrected chi connectivity index (χ3v) is 4.70. The first-order chi connectivity index (χ1) is 13.6. The van der Waals surface area contributed by atoms with Crippen molar-refractivity contribution in [3.63, 3.8) is 0 Å². The zero-order valence-electron chi connectivity index (χ0n) is 15.6. The van der Waals surface area contributed by atoms with Gasteiger partial charge in [0.2, 0.25) is 0 Å². The van der Waals surface area contributed by atoms with Crippen molar-refractivity contribution in [1.29, 1.82) is 0 Å². The monoisotopic (exact) mass is 401 g/mol. The predicted octanol–water partition coefficient (Wildman–Crippen LogP) is 4.19. The van der Waals surface area contributed by atoms with Gasteiger partial charge in [0.25, 0.3) is 0 Å². The molecule has 0 aliphatic heterocycles. The van der Waals surface area contributed by atoms with Crippen LogP contribution in [0, 0.1) is 0 Å². The fraction of sp³-hybridized carbons (Fsp3) is 0.200. The van der Waals surface area contributed by atoms with Crippen molar-refractivity contribution in [2.75, 3.05) is 21.3 Å². The Bertz CT molecular complexity index is 961. The number of ether oxygens (including phenoxy) is 4. The Kier molecular flexibility index (Phi) is 6.33. The molecular weight excluding hydrogens is 382 g/mol. The molecule has 0 amide bonds. The van der Waals surface area contributed by atoms with Gasteiger partial charge in [-0.1, -0.05) is 11.2 Å². The highest BCUT2D eigenvalue weighted by molar-refractivity contribution is 7.13. The number of hydrogen-bond acceptors (Lipinski definition) is 8. The number of rotatable bonds is 8. The number of aromatic nitrogens is 1. The second kappa shape index (κ2) is 9.09. The topological polar surface area (TPSA) is 80.0 Å². The van der Waals surface area contributed by atoms with Crippen LogP contribution in [0.1, 0.15) is 11.3 Å². The fourth-order valence-corrected chi connectivity index (χ4v) is 3.12. The molecule has 28 heavy (non-hydrogen) atoms. The summed E-state index contributed by atoms with van der Waals surface area (Å²) < 4.78 is 26.3. The smallest absolute Gasteiger partial charge is 0.331 e. The van der Waals surface area contributed by atoms with E-state index >= 15 is 0 Å². The van der Waals surface area contributed by atoms with E-state index in [1.54, 1.807) is 35.6 Å². The molecule has 0 unspecified atom stereocenters. The maximum absolute atomic E-state index is 12.0. The normalized spacial score (nSPS) is 10.8. The molecule has 0 spiro atoms. The van der Waals surface area contributed by atoms with Crippen LogP contribution < -0.4 is 14.2 Å². The highest BCUT2D eigenvalue weighted by atomic mass is 32.1. The summed E-state index contributed by atoms with van der Waals surface area (Å²) in [5.41, 5.74) is 1.19. The van der Waals surface area contributed by atoms with Crippen LogP contribution in [0.4, 0.5) is 0 Å². The van der Waals surface area contributed by atoms with E-state index in [1.165, 1.54) is 27.4 Å². The average Bonchev–Trinajstić information content (AvgIpc) is 3.41. The number of thiophene rings is 1. The molecule has 0 radical (unpaired) electrons. The summed E-state index contributed by atoms with van der Waals surface area (Å²) in [5.74, 6) is 1.73. The lowest BCUT2D eigenvalue weighted by atomic mass is 10.1. The van der Waals surface area contributed by atoms with Gasteiger partial charge >= 0.3 is 5.97 Å². The second-order valence-corrected chi connectivity index (χ2v) is 6.50. The van der Waals surface area contributed by atoms with Gasteiger partial charge in [0.05, 0.1) is 26.2 Å². The maximum atomic E-state index is 12.0. The molecule has 3 rings (SSSR count). The van der Waals surface area contributed by atoms with Crippen LogP contribution in [0.2, 0.25) is 0 Å². The van der Waals surface area contributed by atoms with Gasteiger partial charge in [0.1, 0.15) is 18.1 Å². The molecule has 146 valence electrons. The third kappa shape index (κ3) is 4.52. The molecular formula is C20H19NO6S. The molecule has 1 aromatic carbocycles. The summed E-state index contributed by atoms with van der Waals surface area (Å²) >= 11 is 1.54. The van der Waals surface area contributed by atoms with Crippen molar-refractivity contribution in [1.82, 2.24) is 5.16 Å². The first-order valence-electron chi connectivity index (χ1n) is 8.29. The minimum Gasteiger partial charge on any atom is -0.496 e. The first kappa shape index (κ1) is 19.5. The van der Waals surface area contributed by atoms with Gasteiger partial charge in [-0.25, -0.2) is 4.79 Å². The Balaban J connectivity index is 1.64. The fourth-order valence-electron chi connectivity index (χ4n) is 2.45. The Labute approximate surface area is 166 Å². The van der Waals surface area contributed by atoms with E-state index in [1.807, 2.05) is 17.5 Å². The maximum Gasteiger partial charge on any atom is 0.331 e. The number of benzene rings is 1. The van der Waals surface area contributed by atoms with E-state index in [4.69, 9.17) is 23.5 Å². The molecule has 0 aliphatic carbocycles. The highest BCUT2D eigenvalue weighted by Crippen LogP contribution is 2.35. The van der Waals surface area contributed by atoms with Crippen molar-refractivity contribution < 1.29 is 28.3 Å². The zero-order chi connectivity index (χ0) is 19.9. The van der Waals surface area contributed by atoms with E-state index < -0.39 is 5.97 Å². The third-order valence-electron chi connectivity index (χ3n) is 3.82.